The number of fused-ring (bicyclic) bond motifs is 2. The Morgan fingerprint density at radius 2 is 1.71 bits per heavy atom. The molecule has 5 aromatic rings. The summed E-state index contributed by atoms with van der Waals surface area (Å²) in [7, 11) is 0. The molecule has 4 heterocycles. The van der Waals surface area contributed by atoms with E-state index in [9.17, 15) is 22.8 Å². The van der Waals surface area contributed by atoms with Gasteiger partial charge >= 0.3 is 12.1 Å². The highest BCUT2D eigenvalue weighted by molar-refractivity contribution is 5.91. The number of aromatic amines is 2. The van der Waals surface area contributed by atoms with Crippen LogP contribution in [-0.2, 0) is 24.3 Å². The third kappa shape index (κ3) is 6.12. The lowest BCUT2D eigenvalue weighted by Gasteiger charge is -2.25. The molecule has 0 aliphatic carbocycles. The van der Waals surface area contributed by atoms with Crippen LogP contribution in [0.2, 0.25) is 0 Å². The highest BCUT2D eigenvalue weighted by atomic mass is 19.4. The van der Waals surface area contributed by atoms with Crippen molar-refractivity contribution in [1.82, 2.24) is 20.0 Å². The Morgan fingerprint density at radius 1 is 1.00 bits per heavy atom. The molecule has 1 aliphatic heterocycles. The van der Waals surface area contributed by atoms with Gasteiger partial charge < -0.3 is 14.6 Å². The van der Waals surface area contributed by atoms with Crippen LogP contribution in [0, 0.1) is 0 Å². The van der Waals surface area contributed by atoms with Crippen LogP contribution in [0.25, 0.3) is 33.3 Å². The zero-order valence-electron chi connectivity index (χ0n) is 21.4. The van der Waals surface area contributed by atoms with Crippen LogP contribution in [0.3, 0.4) is 0 Å². The fourth-order valence-corrected chi connectivity index (χ4v) is 4.62. The van der Waals surface area contributed by atoms with Gasteiger partial charge in [0.2, 0.25) is 0 Å². The second-order valence-corrected chi connectivity index (χ2v) is 9.39. The Balaban J connectivity index is 0.000000431. The zero-order chi connectivity index (χ0) is 29.1. The Hall–Kier alpha value is -4.97. The number of carbonyl (C=O) groups is 1. The predicted molar refractivity (Wildman–Crippen MR) is 144 cm³/mol. The van der Waals surface area contributed by atoms with E-state index in [1.807, 2.05) is 42.5 Å². The van der Waals surface area contributed by atoms with E-state index in [-0.39, 0.29) is 11.1 Å². The van der Waals surface area contributed by atoms with E-state index >= 15 is 0 Å². The molecule has 0 saturated carbocycles. The largest absolute Gasteiger partial charge is 0.490 e. The smallest absolute Gasteiger partial charge is 0.475 e. The van der Waals surface area contributed by atoms with E-state index in [0.29, 0.717) is 23.9 Å². The van der Waals surface area contributed by atoms with Gasteiger partial charge in [-0.1, -0.05) is 54.6 Å². The van der Waals surface area contributed by atoms with Crippen LogP contribution in [0.4, 0.5) is 13.2 Å². The molecule has 0 radical (unpaired) electrons. The number of alkyl halides is 3. The van der Waals surface area contributed by atoms with E-state index in [0.717, 1.165) is 46.8 Å². The summed E-state index contributed by atoms with van der Waals surface area (Å²) >= 11 is 0. The minimum absolute atomic E-state index is 0.113. The summed E-state index contributed by atoms with van der Waals surface area (Å²) < 4.78 is 37.1. The Labute approximate surface area is 229 Å². The van der Waals surface area contributed by atoms with Crippen molar-refractivity contribution in [3.05, 3.63) is 111 Å². The molecule has 0 bridgehead atoms. The molecule has 1 aliphatic rings. The van der Waals surface area contributed by atoms with Gasteiger partial charge in [0.15, 0.2) is 5.76 Å². The number of hydrogen-bond donors (Lipinski definition) is 3. The van der Waals surface area contributed by atoms with E-state index in [1.165, 1.54) is 5.56 Å². The van der Waals surface area contributed by atoms with Gasteiger partial charge in [-0.3, -0.25) is 14.5 Å². The number of benzene rings is 2. The summed E-state index contributed by atoms with van der Waals surface area (Å²) in [5.41, 5.74) is 6.10. The maximum Gasteiger partial charge on any atom is 0.490 e. The van der Waals surface area contributed by atoms with Gasteiger partial charge in [0.25, 0.3) is 11.1 Å². The van der Waals surface area contributed by atoms with Gasteiger partial charge in [-0.15, -0.1) is 0 Å². The zero-order valence-corrected chi connectivity index (χ0v) is 21.4. The monoisotopic (exact) mass is 564 g/mol. The van der Waals surface area contributed by atoms with E-state index in [2.05, 4.69) is 39.3 Å². The van der Waals surface area contributed by atoms with Crippen LogP contribution < -0.4 is 11.1 Å². The normalized spacial score (nSPS) is 13.3. The molecule has 0 saturated heterocycles. The van der Waals surface area contributed by atoms with Crippen molar-refractivity contribution < 1.29 is 27.6 Å². The van der Waals surface area contributed by atoms with E-state index < -0.39 is 12.1 Å². The van der Waals surface area contributed by atoms with Crippen molar-refractivity contribution in [3.63, 3.8) is 0 Å². The molecule has 0 atom stereocenters. The fourth-order valence-electron chi connectivity index (χ4n) is 4.62. The lowest BCUT2D eigenvalue weighted by Crippen LogP contribution is -2.31. The number of halogens is 3. The summed E-state index contributed by atoms with van der Waals surface area (Å²) in [4.78, 5) is 42.9. The molecule has 2 aromatic carbocycles. The quantitative estimate of drug-likeness (QED) is 0.288. The maximum atomic E-state index is 12.4. The highest BCUT2D eigenvalue weighted by Gasteiger charge is 2.38. The van der Waals surface area contributed by atoms with Crippen molar-refractivity contribution in [2.45, 2.75) is 25.7 Å². The number of hydrogen-bond acceptors (Lipinski definition) is 6. The van der Waals surface area contributed by atoms with Crippen molar-refractivity contribution in [3.8, 4) is 22.4 Å². The first-order valence-corrected chi connectivity index (χ1v) is 12.5. The van der Waals surface area contributed by atoms with Crippen molar-refractivity contribution in [2.75, 3.05) is 6.54 Å². The Kier molecular flexibility index (Phi) is 7.58. The molecule has 0 fully saturated rings. The molecule has 3 aromatic heterocycles. The highest BCUT2D eigenvalue weighted by Crippen LogP contribution is 2.33. The maximum absolute atomic E-state index is 12.4. The summed E-state index contributed by atoms with van der Waals surface area (Å²) in [5.74, 6) is -2.02. The number of pyridine rings is 2. The molecular weight excluding hydrogens is 541 g/mol. The number of aromatic nitrogens is 3. The number of aliphatic carboxylic acids is 1. The first kappa shape index (κ1) is 27.6. The first-order valence-electron chi connectivity index (χ1n) is 12.5. The number of carboxylic acids is 1. The van der Waals surface area contributed by atoms with E-state index in [1.54, 1.807) is 6.20 Å². The number of rotatable bonds is 4. The number of nitrogens with one attached hydrogen (secondary N) is 2. The molecule has 0 amide bonds. The SMILES string of the molecule is O=C(O)C(F)(F)F.O=c1[nH]oc2c1CCN(Cc1ccc(-c3nc4cc[nH]c(=O)c4cc3-c3ccccc3)cc1)C2. The standard InChI is InChI=1S/C27H22N4O3.C2HF3O2/c32-26-22-14-21(18-4-2-1-3-5-18)25(29-23(22)10-12-28-26)19-8-6-17(7-9-19)15-31-13-11-20-24(16-31)34-30-27(20)33;3-2(4,5)1(6)7/h1-10,12,14H,11,13,15-16H2,(H,28,32)(H,30,33);(H,6,7). The van der Waals surface area contributed by atoms with Gasteiger partial charge in [0.1, 0.15) is 0 Å². The van der Waals surface area contributed by atoms with Gasteiger partial charge in [0, 0.05) is 30.4 Å². The third-order valence-electron chi connectivity index (χ3n) is 6.64. The average molecular weight is 565 g/mol. The van der Waals surface area contributed by atoms with Crippen LogP contribution in [0.15, 0.2) is 87.0 Å². The molecule has 12 heteroatoms. The second kappa shape index (κ2) is 11.3. The number of carboxylic acid groups (broad SMARTS) is 1. The minimum Gasteiger partial charge on any atom is -0.475 e. The van der Waals surface area contributed by atoms with Gasteiger partial charge in [-0.2, -0.15) is 18.3 Å². The van der Waals surface area contributed by atoms with Crippen molar-refractivity contribution in [2.24, 2.45) is 0 Å². The van der Waals surface area contributed by atoms with Crippen LogP contribution in [0.5, 0.6) is 0 Å². The van der Waals surface area contributed by atoms with Crippen molar-refractivity contribution in [1.29, 1.82) is 0 Å². The van der Waals surface area contributed by atoms with Gasteiger partial charge in [0.05, 0.1) is 28.7 Å². The molecule has 9 nitrogen and oxygen atoms in total. The summed E-state index contributed by atoms with van der Waals surface area (Å²) in [6.07, 6.45) is -2.76. The van der Waals surface area contributed by atoms with Crippen LogP contribution >= 0.6 is 0 Å². The summed E-state index contributed by atoms with van der Waals surface area (Å²) in [6, 6.07) is 22.1. The second-order valence-electron chi connectivity index (χ2n) is 9.39. The average Bonchev–Trinajstić information content (AvgIpc) is 3.33. The number of H-pyrrole nitrogens is 2. The van der Waals surface area contributed by atoms with E-state index in [4.69, 9.17) is 19.4 Å². The van der Waals surface area contributed by atoms with Gasteiger partial charge in [-0.05, 0) is 29.7 Å². The lowest BCUT2D eigenvalue weighted by molar-refractivity contribution is -0.192. The topological polar surface area (TPSA) is 132 Å². The van der Waals surface area contributed by atoms with Crippen molar-refractivity contribution >= 4 is 16.9 Å². The number of nitrogens with zero attached hydrogens (tertiary/aromatic N) is 2. The molecule has 41 heavy (non-hydrogen) atoms. The van der Waals surface area contributed by atoms with Gasteiger partial charge in [-0.25, -0.2) is 9.78 Å². The first-order chi connectivity index (χ1) is 19.6. The Bertz CT molecular complexity index is 1810. The van der Waals surface area contributed by atoms with Crippen LogP contribution in [0.1, 0.15) is 16.9 Å². The lowest BCUT2D eigenvalue weighted by atomic mass is 9.97. The molecule has 6 rings (SSSR count). The summed E-state index contributed by atoms with van der Waals surface area (Å²) in [6.45, 7) is 2.20. The summed E-state index contributed by atoms with van der Waals surface area (Å²) in [5, 5.41) is 10.1. The Morgan fingerprint density at radius 3 is 2.39 bits per heavy atom. The molecule has 0 spiro atoms. The molecule has 0 unspecified atom stereocenters. The third-order valence-corrected chi connectivity index (χ3v) is 6.64. The minimum atomic E-state index is -5.08. The molecule has 3 N–H and O–H groups in total. The molecular formula is C29H23F3N4O5. The predicted octanol–water partition coefficient (Wildman–Crippen LogP) is 4.73. The fraction of sp³-hybridized carbons (Fsp3) is 0.172. The molecule has 210 valence electrons. The van der Waals surface area contributed by atoms with Crippen LogP contribution in [-0.4, -0.2) is 43.8 Å².